The number of aryl methyl sites for hydroxylation is 1. The lowest BCUT2D eigenvalue weighted by Gasteiger charge is -2.03. The first-order chi connectivity index (χ1) is 6.72. The van der Waals surface area contributed by atoms with E-state index < -0.39 is 0 Å². The van der Waals surface area contributed by atoms with Gasteiger partial charge in [0.1, 0.15) is 0 Å². The van der Waals surface area contributed by atoms with E-state index in [-0.39, 0.29) is 5.91 Å². The Morgan fingerprint density at radius 1 is 1.57 bits per heavy atom. The molecular weight excluding hydrogens is 196 g/mol. The van der Waals surface area contributed by atoms with Gasteiger partial charge in [0.25, 0.3) is 5.91 Å². The minimum Gasteiger partial charge on any atom is -0.355 e. The molecule has 2 aromatic rings. The Morgan fingerprint density at radius 3 is 3.07 bits per heavy atom. The summed E-state index contributed by atoms with van der Waals surface area (Å²) >= 11 is 1.60. The molecule has 2 heterocycles. The summed E-state index contributed by atoms with van der Waals surface area (Å²) in [4.78, 5) is 15.8. The molecule has 0 saturated carbocycles. The molecule has 0 fully saturated rings. The minimum atomic E-state index is -0.0784. The average Bonchev–Trinajstić information content (AvgIpc) is 2.62. The van der Waals surface area contributed by atoms with E-state index in [1.165, 1.54) is 0 Å². The molecule has 0 spiro atoms. The van der Waals surface area contributed by atoms with E-state index in [0.29, 0.717) is 5.56 Å². The van der Waals surface area contributed by atoms with Gasteiger partial charge in [-0.05, 0) is 24.4 Å². The number of amides is 1. The van der Waals surface area contributed by atoms with Crippen molar-refractivity contribution >= 4 is 27.5 Å². The van der Waals surface area contributed by atoms with Crippen LogP contribution in [0, 0.1) is 6.92 Å². The number of nitrogens with one attached hydrogen (secondary N) is 1. The Morgan fingerprint density at radius 2 is 2.36 bits per heavy atom. The standard InChI is InChI=1S/C10H10N2OS/c1-6-7(10(13)11-2)5-9-8(12-6)3-4-14-9/h3-5H,1-2H3,(H,11,13). The van der Waals surface area contributed by atoms with Crippen molar-refractivity contribution < 1.29 is 4.79 Å². The zero-order chi connectivity index (χ0) is 10.1. The van der Waals surface area contributed by atoms with Gasteiger partial charge in [-0.1, -0.05) is 0 Å². The maximum Gasteiger partial charge on any atom is 0.252 e. The van der Waals surface area contributed by atoms with Crippen molar-refractivity contribution in [3.63, 3.8) is 0 Å². The van der Waals surface area contributed by atoms with Crippen molar-refractivity contribution in [1.29, 1.82) is 0 Å². The summed E-state index contributed by atoms with van der Waals surface area (Å²) in [6.07, 6.45) is 0. The number of carbonyl (C=O) groups is 1. The summed E-state index contributed by atoms with van der Waals surface area (Å²) in [5, 5.41) is 4.58. The Bertz CT molecular complexity index is 490. The quantitative estimate of drug-likeness (QED) is 0.775. The van der Waals surface area contributed by atoms with Crippen molar-refractivity contribution in [1.82, 2.24) is 10.3 Å². The molecular formula is C10H10N2OS. The fourth-order valence-electron chi connectivity index (χ4n) is 1.36. The molecule has 0 aliphatic heterocycles. The van der Waals surface area contributed by atoms with Gasteiger partial charge < -0.3 is 5.32 Å². The third-order valence-electron chi connectivity index (χ3n) is 2.10. The van der Waals surface area contributed by atoms with Gasteiger partial charge in [0.05, 0.1) is 21.5 Å². The summed E-state index contributed by atoms with van der Waals surface area (Å²) in [5.74, 6) is -0.0784. The van der Waals surface area contributed by atoms with Gasteiger partial charge >= 0.3 is 0 Å². The molecule has 72 valence electrons. The molecule has 1 amide bonds. The number of nitrogens with zero attached hydrogens (tertiary/aromatic N) is 1. The van der Waals surface area contributed by atoms with Crippen LogP contribution in [-0.4, -0.2) is 17.9 Å². The van der Waals surface area contributed by atoms with E-state index in [9.17, 15) is 4.79 Å². The van der Waals surface area contributed by atoms with E-state index >= 15 is 0 Å². The molecule has 0 bridgehead atoms. The topological polar surface area (TPSA) is 42.0 Å². The van der Waals surface area contributed by atoms with Crippen LogP contribution < -0.4 is 5.32 Å². The average molecular weight is 206 g/mol. The second-order valence-electron chi connectivity index (χ2n) is 3.00. The van der Waals surface area contributed by atoms with Crippen molar-refractivity contribution in [2.24, 2.45) is 0 Å². The van der Waals surface area contributed by atoms with Gasteiger partial charge in [0.2, 0.25) is 0 Å². The zero-order valence-corrected chi connectivity index (χ0v) is 8.81. The van der Waals surface area contributed by atoms with Crippen LogP contribution in [0.1, 0.15) is 16.1 Å². The number of hydrogen-bond donors (Lipinski definition) is 1. The second-order valence-corrected chi connectivity index (χ2v) is 3.95. The first-order valence-corrected chi connectivity index (χ1v) is 5.17. The van der Waals surface area contributed by atoms with Gasteiger partial charge in [0, 0.05) is 7.05 Å². The first-order valence-electron chi connectivity index (χ1n) is 4.29. The number of hydrogen-bond acceptors (Lipinski definition) is 3. The molecule has 0 atom stereocenters. The smallest absolute Gasteiger partial charge is 0.252 e. The van der Waals surface area contributed by atoms with Crippen LogP contribution in [0.4, 0.5) is 0 Å². The molecule has 0 saturated heterocycles. The zero-order valence-electron chi connectivity index (χ0n) is 8.00. The predicted molar refractivity (Wildman–Crippen MR) is 57.7 cm³/mol. The number of fused-ring (bicyclic) bond motifs is 1. The van der Waals surface area contributed by atoms with Crippen LogP contribution in [0.15, 0.2) is 17.5 Å². The minimum absolute atomic E-state index is 0.0784. The van der Waals surface area contributed by atoms with Crippen molar-refractivity contribution in [2.75, 3.05) is 7.05 Å². The lowest BCUT2D eigenvalue weighted by Crippen LogP contribution is -2.19. The maximum atomic E-state index is 11.5. The van der Waals surface area contributed by atoms with E-state index in [1.807, 2.05) is 24.4 Å². The number of thiophene rings is 1. The highest BCUT2D eigenvalue weighted by Crippen LogP contribution is 2.21. The highest BCUT2D eigenvalue weighted by Gasteiger charge is 2.09. The lowest BCUT2D eigenvalue weighted by atomic mass is 10.2. The highest BCUT2D eigenvalue weighted by molar-refractivity contribution is 7.17. The Hall–Kier alpha value is -1.42. The SMILES string of the molecule is CNC(=O)c1cc2sccc2nc1C. The van der Waals surface area contributed by atoms with Gasteiger partial charge in [-0.3, -0.25) is 9.78 Å². The molecule has 3 nitrogen and oxygen atoms in total. The number of rotatable bonds is 1. The fourth-order valence-corrected chi connectivity index (χ4v) is 2.12. The Kier molecular flexibility index (Phi) is 2.21. The van der Waals surface area contributed by atoms with E-state index in [1.54, 1.807) is 18.4 Å². The van der Waals surface area contributed by atoms with Crippen LogP contribution in [0.25, 0.3) is 10.2 Å². The van der Waals surface area contributed by atoms with E-state index in [0.717, 1.165) is 15.9 Å². The van der Waals surface area contributed by atoms with Gasteiger partial charge in [-0.15, -0.1) is 11.3 Å². The van der Waals surface area contributed by atoms with Crippen molar-refractivity contribution in [3.8, 4) is 0 Å². The molecule has 0 radical (unpaired) electrons. The molecule has 0 unspecified atom stereocenters. The predicted octanol–water partition coefficient (Wildman–Crippen LogP) is 1.96. The summed E-state index contributed by atoms with van der Waals surface area (Å²) in [7, 11) is 1.63. The lowest BCUT2D eigenvalue weighted by molar-refractivity contribution is 0.0962. The van der Waals surface area contributed by atoms with Crippen LogP contribution in [0.3, 0.4) is 0 Å². The molecule has 0 aliphatic carbocycles. The number of aromatic nitrogens is 1. The Labute approximate surface area is 85.8 Å². The highest BCUT2D eigenvalue weighted by atomic mass is 32.1. The second kappa shape index (κ2) is 3.38. The van der Waals surface area contributed by atoms with Crippen LogP contribution in [0.5, 0.6) is 0 Å². The van der Waals surface area contributed by atoms with Crippen molar-refractivity contribution in [3.05, 3.63) is 28.8 Å². The fraction of sp³-hybridized carbons (Fsp3) is 0.200. The summed E-state index contributed by atoms with van der Waals surface area (Å²) in [6.45, 7) is 1.85. The summed E-state index contributed by atoms with van der Waals surface area (Å²) < 4.78 is 1.05. The number of carbonyl (C=O) groups excluding carboxylic acids is 1. The van der Waals surface area contributed by atoms with Gasteiger partial charge in [-0.2, -0.15) is 0 Å². The molecule has 2 aromatic heterocycles. The van der Waals surface area contributed by atoms with E-state index in [2.05, 4.69) is 10.3 Å². The maximum absolute atomic E-state index is 11.5. The molecule has 2 rings (SSSR count). The largest absolute Gasteiger partial charge is 0.355 e. The molecule has 1 N–H and O–H groups in total. The first kappa shape index (κ1) is 9.15. The molecule has 4 heteroatoms. The Balaban J connectivity index is 2.64. The molecule has 0 aliphatic rings. The summed E-state index contributed by atoms with van der Waals surface area (Å²) in [6, 6.07) is 3.85. The monoisotopic (exact) mass is 206 g/mol. The molecule has 14 heavy (non-hydrogen) atoms. The van der Waals surface area contributed by atoms with Crippen molar-refractivity contribution in [2.45, 2.75) is 6.92 Å². The van der Waals surface area contributed by atoms with Gasteiger partial charge in [0.15, 0.2) is 0 Å². The normalized spacial score (nSPS) is 10.4. The third-order valence-corrected chi connectivity index (χ3v) is 2.95. The van der Waals surface area contributed by atoms with Crippen LogP contribution in [0.2, 0.25) is 0 Å². The third kappa shape index (κ3) is 1.37. The van der Waals surface area contributed by atoms with Gasteiger partial charge in [-0.25, -0.2) is 0 Å². The van der Waals surface area contributed by atoms with Crippen LogP contribution in [-0.2, 0) is 0 Å². The summed E-state index contributed by atoms with van der Waals surface area (Å²) in [5.41, 5.74) is 2.39. The molecule has 0 aromatic carbocycles. The van der Waals surface area contributed by atoms with E-state index in [4.69, 9.17) is 0 Å². The van der Waals surface area contributed by atoms with Crippen LogP contribution >= 0.6 is 11.3 Å². The number of pyridine rings is 1.